The van der Waals surface area contributed by atoms with Gasteiger partial charge in [0.2, 0.25) is 0 Å². The molecule has 0 radical (unpaired) electrons. The highest BCUT2D eigenvalue weighted by molar-refractivity contribution is 5.94. The first-order chi connectivity index (χ1) is 16.2. The molecule has 2 aliphatic heterocycles. The van der Waals surface area contributed by atoms with Gasteiger partial charge in [0.05, 0.1) is 19.3 Å². The van der Waals surface area contributed by atoms with Gasteiger partial charge < -0.3 is 18.9 Å². The number of nitrogens with zero attached hydrogens (tertiary/aromatic N) is 3. The summed E-state index contributed by atoms with van der Waals surface area (Å²) in [7, 11) is 3.22. The number of piperidine rings is 1. The van der Waals surface area contributed by atoms with Gasteiger partial charge in [-0.05, 0) is 49.1 Å². The van der Waals surface area contributed by atoms with Crippen molar-refractivity contribution in [3.63, 3.8) is 0 Å². The Hall–Kier alpha value is -2.52. The van der Waals surface area contributed by atoms with Gasteiger partial charge in [0.15, 0.2) is 0 Å². The number of halogens is 3. The van der Waals surface area contributed by atoms with Crippen LogP contribution >= 0.6 is 0 Å². The number of alkyl halides is 3. The molecular weight excluding hydrogens is 447 g/mol. The van der Waals surface area contributed by atoms with Crippen molar-refractivity contribution in [2.75, 3.05) is 47.0 Å². The van der Waals surface area contributed by atoms with Gasteiger partial charge in [0.25, 0.3) is 5.91 Å². The van der Waals surface area contributed by atoms with Gasteiger partial charge in [0.1, 0.15) is 11.4 Å². The summed E-state index contributed by atoms with van der Waals surface area (Å²) >= 11 is 0. The topological polar surface area (TPSA) is 46.9 Å². The van der Waals surface area contributed by atoms with Crippen LogP contribution in [0.15, 0.2) is 30.3 Å². The molecule has 1 spiro atoms. The first kappa shape index (κ1) is 24.6. The number of likely N-dealkylation sites (tertiary alicyclic amines) is 1. The summed E-state index contributed by atoms with van der Waals surface area (Å²) < 4.78 is 53.0. The maximum Gasteiger partial charge on any atom is 0.431 e. The molecule has 0 unspecified atom stereocenters. The molecule has 1 aromatic carbocycles. The van der Waals surface area contributed by atoms with Crippen LogP contribution in [0.2, 0.25) is 0 Å². The quantitative estimate of drug-likeness (QED) is 0.624. The number of amides is 1. The van der Waals surface area contributed by atoms with Gasteiger partial charge in [0, 0.05) is 51.1 Å². The minimum absolute atomic E-state index is 0.0820. The van der Waals surface area contributed by atoms with E-state index in [1.54, 1.807) is 31.3 Å². The molecule has 0 bridgehead atoms. The Morgan fingerprint density at radius 1 is 1.06 bits per heavy atom. The molecule has 6 nitrogen and oxygen atoms in total. The lowest BCUT2D eigenvalue weighted by Crippen LogP contribution is -2.58. The maximum absolute atomic E-state index is 13.6. The predicted molar refractivity (Wildman–Crippen MR) is 122 cm³/mol. The van der Waals surface area contributed by atoms with Crippen molar-refractivity contribution in [3.05, 3.63) is 52.8 Å². The molecule has 1 saturated heterocycles. The van der Waals surface area contributed by atoms with Gasteiger partial charge in [-0.1, -0.05) is 13.0 Å². The first-order valence-corrected chi connectivity index (χ1v) is 11.7. The minimum atomic E-state index is -4.39. The SMILES string of the molecule is CCc1ccc(C(=O)N2CCC3(CC2)c2ccc(C(F)(F)F)n2CCN3CCOC)cc1OC. The second-order valence-corrected chi connectivity index (χ2v) is 8.94. The van der Waals surface area contributed by atoms with E-state index < -0.39 is 17.4 Å². The normalized spacial score (nSPS) is 18.2. The summed E-state index contributed by atoms with van der Waals surface area (Å²) in [6, 6.07) is 8.32. The Labute approximate surface area is 198 Å². The average Bonchev–Trinajstić information content (AvgIpc) is 3.29. The number of aromatic nitrogens is 1. The van der Waals surface area contributed by atoms with Crippen molar-refractivity contribution >= 4 is 5.91 Å². The number of methoxy groups -OCH3 is 2. The molecule has 1 fully saturated rings. The number of aryl methyl sites for hydroxylation is 1. The highest BCUT2D eigenvalue weighted by Gasteiger charge is 2.48. The van der Waals surface area contributed by atoms with Crippen molar-refractivity contribution in [1.82, 2.24) is 14.4 Å². The fraction of sp³-hybridized carbons (Fsp3) is 0.560. The van der Waals surface area contributed by atoms with Gasteiger partial charge in [-0.25, -0.2) is 0 Å². The van der Waals surface area contributed by atoms with Crippen LogP contribution in [0.3, 0.4) is 0 Å². The smallest absolute Gasteiger partial charge is 0.431 e. The van der Waals surface area contributed by atoms with E-state index in [2.05, 4.69) is 4.90 Å². The molecular formula is C25H32F3N3O3. The Morgan fingerprint density at radius 3 is 2.41 bits per heavy atom. The Kier molecular flexibility index (Phi) is 6.96. The van der Waals surface area contributed by atoms with E-state index in [0.29, 0.717) is 62.6 Å². The second kappa shape index (κ2) is 9.62. The van der Waals surface area contributed by atoms with Gasteiger partial charge in [-0.2, -0.15) is 13.2 Å². The number of hydrogen-bond donors (Lipinski definition) is 0. The maximum atomic E-state index is 13.6. The number of benzene rings is 1. The molecule has 2 aliphatic rings. The predicted octanol–water partition coefficient (Wildman–Crippen LogP) is 4.17. The lowest BCUT2D eigenvalue weighted by Gasteiger charge is -2.52. The Balaban J connectivity index is 1.59. The second-order valence-electron chi connectivity index (χ2n) is 8.94. The van der Waals surface area contributed by atoms with Crippen LogP contribution in [0.1, 0.15) is 47.1 Å². The molecule has 3 heterocycles. The highest BCUT2D eigenvalue weighted by atomic mass is 19.4. The van der Waals surface area contributed by atoms with E-state index in [1.807, 2.05) is 19.1 Å². The number of carbonyl (C=O) groups excluding carboxylic acids is 1. The average molecular weight is 480 g/mol. The zero-order chi connectivity index (χ0) is 24.5. The first-order valence-electron chi connectivity index (χ1n) is 11.7. The van der Waals surface area contributed by atoms with Crippen LogP contribution < -0.4 is 4.74 Å². The molecule has 0 saturated carbocycles. The van der Waals surface area contributed by atoms with Crippen LogP contribution in [-0.4, -0.2) is 67.3 Å². The van der Waals surface area contributed by atoms with Crippen molar-refractivity contribution < 1.29 is 27.4 Å². The molecule has 1 aromatic heterocycles. The minimum Gasteiger partial charge on any atom is -0.496 e. The van der Waals surface area contributed by atoms with Crippen molar-refractivity contribution in [1.29, 1.82) is 0 Å². The Morgan fingerprint density at radius 2 is 1.79 bits per heavy atom. The largest absolute Gasteiger partial charge is 0.496 e. The molecule has 9 heteroatoms. The van der Waals surface area contributed by atoms with Gasteiger partial charge in [-0.3, -0.25) is 9.69 Å². The lowest BCUT2D eigenvalue weighted by molar-refractivity contribution is -0.145. The van der Waals surface area contributed by atoms with E-state index in [-0.39, 0.29) is 12.5 Å². The van der Waals surface area contributed by atoms with Crippen molar-refractivity contribution in [3.8, 4) is 5.75 Å². The van der Waals surface area contributed by atoms with E-state index in [0.717, 1.165) is 12.0 Å². The zero-order valence-electron chi connectivity index (χ0n) is 20.0. The summed E-state index contributed by atoms with van der Waals surface area (Å²) in [4.78, 5) is 17.3. The van der Waals surface area contributed by atoms with Crippen LogP contribution in [-0.2, 0) is 29.4 Å². The molecule has 4 rings (SSSR count). The summed E-state index contributed by atoms with van der Waals surface area (Å²) in [5.41, 5.74) is 1.13. The van der Waals surface area contributed by atoms with E-state index in [9.17, 15) is 18.0 Å². The van der Waals surface area contributed by atoms with E-state index in [1.165, 1.54) is 10.6 Å². The molecule has 2 aromatic rings. The third kappa shape index (κ3) is 4.31. The van der Waals surface area contributed by atoms with Gasteiger partial charge in [-0.15, -0.1) is 0 Å². The third-order valence-corrected chi connectivity index (χ3v) is 7.30. The third-order valence-electron chi connectivity index (χ3n) is 7.30. The number of fused-ring (bicyclic) bond motifs is 2. The fourth-order valence-corrected chi connectivity index (χ4v) is 5.49. The van der Waals surface area contributed by atoms with Crippen LogP contribution in [0, 0.1) is 0 Å². The molecule has 0 N–H and O–H groups in total. The van der Waals surface area contributed by atoms with Crippen molar-refractivity contribution in [2.24, 2.45) is 0 Å². The molecule has 34 heavy (non-hydrogen) atoms. The number of hydrogen-bond acceptors (Lipinski definition) is 4. The zero-order valence-corrected chi connectivity index (χ0v) is 20.0. The lowest BCUT2D eigenvalue weighted by atomic mass is 9.81. The van der Waals surface area contributed by atoms with Crippen LogP contribution in [0.25, 0.3) is 0 Å². The summed E-state index contributed by atoms with van der Waals surface area (Å²) in [5.74, 6) is 0.610. The van der Waals surface area contributed by atoms with E-state index in [4.69, 9.17) is 9.47 Å². The molecule has 186 valence electrons. The van der Waals surface area contributed by atoms with Crippen LogP contribution in [0.4, 0.5) is 13.2 Å². The summed E-state index contributed by atoms with van der Waals surface area (Å²) in [6.07, 6.45) is -2.46. The van der Waals surface area contributed by atoms with Crippen molar-refractivity contribution in [2.45, 2.75) is 44.4 Å². The molecule has 0 atom stereocenters. The number of carbonyl (C=O) groups is 1. The monoisotopic (exact) mass is 479 g/mol. The number of rotatable bonds is 6. The molecule has 1 amide bonds. The van der Waals surface area contributed by atoms with Gasteiger partial charge >= 0.3 is 6.18 Å². The molecule has 0 aliphatic carbocycles. The number of ether oxygens (including phenoxy) is 2. The van der Waals surface area contributed by atoms with Crippen LogP contribution in [0.5, 0.6) is 5.75 Å². The summed E-state index contributed by atoms with van der Waals surface area (Å²) in [6.45, 7) is 4.89. The van der Waals surface area contributed by atoms with E-state index >= 15 is 0 Å². The standard InChI is InChI=1S/C25H32F3N3O3/c1-4-18-5-6-19(17-20(18)34-3)23(32)29-11-9-24(10-12-29)21-7-8-22(25(26,27)28)31(21)14-13-30(24)15-16-33-2/h5-8,17H,4,9-16H2,1-3H3. The summed E-state index contributed by atoms with van der Waals surface area (Å²) in [5, 5.41) is 0. The highest BCUT2D eigenvalue weighted by Crippen LogP contribution is 2.44. The fourth-order valence-electron chi connectivity index (χ4n) is 5.49. The Bertz CT molecular complexity index is 1030.